The third-order valence-corrected chi connectivity index (χ3v) is 3.71. The van der Waals surface area contributed by atoms with Gasteiger partial charge in [-0.3, -0.25) is 0 Å². The fourth-order valence-corrected chi connectivity index (χ4v) is 2.48. The van der Waals surface area contributed by atoms with E-state index >= 15 is 0 Å². The third kappa shape index (κ3) is 2.96. The maximum atomic E-state index is 13.5. The molecule has 0 spiro atoms. The molecule has 2 N–H and O–H groups in total. The van der Waals surface area contributed by atoms with Crippen LogP contribution in [0.1, 0.15) is 33.9 Å². The largest absolute Gasteiger partial charge is 0.320 e. The molecule has 0 amide bonds. The zero-order valence-electron chi connectivity index (χ0n) is 11.3. The number of hydrogen-bond donors (Lipinski definition) is 1. The average Bonchev–Trinajstić information content (AvgIpc) is 2.31. The molecule has 1 nitrogen and oxygen atoms in total. The highest BCUT2D eigenvalue weighted by atomic mass is 35.5. The summed E-state index contributed by atoms with van der Waals surface area (Å²) in [5.74, 6) is -0.256. The van der Waals surface area contributed by atoms with Crippen molar-refractivity contribution in [2.45, 2.75) is 26.8 Å². The van der Waals surface area contributed by atoms with Crippen LogP contribution in [0.5, 0.6) is 0 Å². The van der Waals surface area contributed by atoms with Gasteiger partial charge in [0.15, 0.2) is 0 Å². The predicted octanol–water partition coefficient (Wildman–Crippen LogP) is 4.45. The van der Waals surface area contributed by atoms with E-state index in [0.717, 1.165) is 32.8 Å². The van der Waals surface area contributed by atoms with Crippen molar-refractivity contribution in [2.75, 3.05) is 0 Å². The van der Waals surface area contributed by atoms with E-state index in [0.29, 0.717) is 0 Å². The maximum absolute atomic E-state index is 13.5. The fraction of sp³-hybridized carbons (Fsp3) is 0.250. The van der Waals surface area contributed by atoms with Crippen LogP contribution in [0, 0.1) is 26.6 Å². The Hall–Kier alpha value is -1.38. The van der Waals surface area contributed by atoms with Crippen LogP contribution in [-0.4, -0.2) is 0 Å². The lowest BCUT2D eigenvalue weighted by Crippen LogP contribution is -2.14. The van der Waals surface area contributed by atoms with Crippen molar-refractivity contribution < 1.29 is 4.39 Å². The molecule has 0 fully saturated rings. The van der Waals surface area contributed by atoms with Gasteiger partial charge in [-0.05, 0) is 66.8 Å². The number of rotatable bonds is 2. The SMILES string of the molecule is Cc1cc(F)cc(C(N)c2cc(C)c(Cl)cc2C)c1. The molecule has 1 atom stereocenters. The topological polar surface area (TPSA) is 26.0 Å². The van der Waals surface area contributed by atoms with Crippen LogP contribution in [0.15, 0.2) is 30.3 Å². The van der Waals surface area contributed by atoms with Gasteiger partial charge >= 0.3 is 0 Å². The first-order chi connectivity index (χ1) is 8.88. The zero-order chi connectivity index (χ0) is 14.2. The van der Waals surface area contributed by atoms with Crippen molar-refractivity contribution in [1.29, 1.82) is 0 Å². The molecule has 2 aromatic rings. The molecule has 2 aromatic carbocycles. The number of halogens is 2. The number of benzene rings is 2. The molecular weight excluding hydrogens is 261 g/mol. The molecule has 0 bridgehead atoms. The van der Waals surface area contributed by atoms with E-state index in [9.17, 15) is 4.39 Å². The van der Waals surface area contributed by atoms with E-state index in [-0.39, 0.29) is 11.9 Å². The summed E-state index contributed by atoms with van der Waals surface area (Å²) in [5.41, 5.74) is 10.9. The lowest BCUT2D eigenvalue weighted by molar-refractivity contribution is 0.622. The summed E-state index contributed by atoms with van der Waals surface area (Å²) >= 11 is 6.09. The Morgan fingerprint density at radius 3 is 2.32 bits per heavy atom. The molecule has 0 saturated carbocycles. The Morgan fingerprint density at radius 1 is 1.00 bits per heavy atom. The first kappa shape index (κ1) is 14.0. The van der Waals surface area contributed by atoms with Crippen LogP contribution in [0.2, 0.25) is 5.02 Å². The molecule has 0 aliphatic rings. The van der Waals surface area contributed by atoms with Crippen LogP contribution in [0.25, 0.3) is 0 Å². The van der Waals surface area contributed by atoms with E-state index < -0.39 is 0 Å². The molecule has 2 rings (SSSR count). The molecule has 0 aliphatic heterocycles. The highest BCUT2D eigenvalue weighted by Gasteiger charge is 2.14. The van der Waals surface area contributed by atoms with Crippen LogP contribution in [-0.2, 0) is 0 Å². The van der Waals surface area contributed by atoms with E-state index in [4.69, 9.17) is 17.3 Å². The Kier molecular flexibility index (Phi) is 3.93. The fourth-order valence-electron chi connectivity index (χ4n) is 2.26. The molecule has 0 aromatic heterocycles. The van der Waals surface area contributed by atoms with Gasteiger partial charge in [0, 0.05) is 5.02 Å². The molecule has 19 heavy (non-hydrogen) atoms. The number of aryl methyl sites for hydroxylation is 3. The second-order valence-corrected chi connectivity index (χ2v) is 5.40. The van der Waals surface area contributed by atoms with Crippen molar-refractivity contribution in [3.05, 3.63) is 69.0 Å². The molecular formula is C16H17ClFN. The monoisotopic (exact) mass is 277 g/mol. The average molecular weight is 278 g/mol. The van der Waals surface area contributed by atoms with Gasteiger partial charge in [0.25, 0.3) is 0 Å². The van der Waals surface area contributed by atoms with Gasteiger partial charge in [0.05, 0.1) is 6.04 Å². The van der Waals surface area contributed by atoms with Crippen molar-refractivity contribution in [3.63, 3.8) is 0 Å². The molecule has 0 aliphatic carbocycles. The lowest BCUT2D eigenvalue weighted by atomic mass is 9.93. The first-order valence-corrected chi connectivity index (χ1v) is 6.55. The number of hydrogen-bond acceptors (Lipinski definition) is 1. The van der Waals surface area contributed by atoms with Gasteiger partial charge in [-0.15, -0.1) is 0 Å². The summed E-state index contributed by atoms with van der Waals surface area (Å²) in [6, 6.07) is 8.43. The summed E-state index contributed by atoms with van der Waals surface area (Å²) < 4.78 is 13.5. The van der Waals surface area contributed by atoms with Crippen LogP contribution in [0.3, 0.4) is 0 Å². The van der Waals surface area contributed by atoms with Gasteiger partial charge in [-0.1, -0.05) is 23.7 Å². The summed E-state index contributed by atoms with van der Waals surface area (Å²) in [7, 11) is 0. The van der Waals surface area contributed by atoms with E-state index in [1.54, 1.807) is 0 Å². The van der Waals surface area contributed by atoms with Gasteiger partial charge in [0.1, 0.15) is 5.82 Å². The maximum Gasteiger partial charge on any atom is 0.123 e. The van der Waals surface area contributed by atoms with E-state index in [2.05, 4.69) is 0 Å². The molecule has 0 radical (unpaired) electrons. The molecule has 100 valence electrons. The Balaban J connectivity index is 2.49. The standard InChI is InChI=1S/C16H17ClFN/c1-9-4-12(8-13(18)5-9)16(19)14-6-11(3)15(17)7-10(14)2/h4-8,16H,19H2,1-3H3. The molecule has 1 unspecified atom stereocenters. The molecule has 3 heteroatoms. The summed E-state index contributed by atoms with van der Waals surface area (Å²) in [6.45, 7) is 5.76. The predicted molar refractivity (Wildman–Crippen MR) is 78.1 cm³/mol. The van der Waals surface area contributed by atoms with Gasteiger partial charge < -0.3 is 5.73 Å². The lowest BCUT2D eigenvalue weighted by Gasteiger charge is -2.17. The van der Waals surface area contributed by atoms with Gasteiger partial charge in [0.2, 0.25) is 0 Å². The third-order valence-electron chi connectivity index (χ3n) is 3.31. The second-order valence-electron chi connectivity index (χ2n) is 5.00. The van der Waals surface area contributed by atoms with E-state index in [1.807, 2.05) is 39.0 Å². The highest BCUT2D eigenvalue weighted by molar-refractivity contribution is 6.31. The van der Waals surface area contributed by atoms with Crippen molar-refractivity contribution >= 4 is 11.6 Å². The van der Waals surface area contributed by atoms with Crippen LogP contribution in [0.4, 0.5) is 4.39 Å². The van der Waals surface area contributed by atoms with Crippen molar-refractivity contribution in [3.8, 4) is 0 Å². The second kappa shape index (κ2) is 5.32. The minimum Gasteiger partial charge on any atom is -0.320 e. The first-order valence-electron chi connectivity index (χ1n) is 6.18. The smallest absolute Gasteiger partial charge is 0.123 e. The normalized spacial score (nSPS) is 12.5. The Labute approximate surface area is 118 Å². The summed E-state index contributed by atoms with van der Waals surface area (Å²) in [5, 5.41) is 0.726. The minimum absolute atomic E-state index is 0.256. The van der Waals surface area contributed by atoms with Crippen LogP contribution < -0.4 is 5.73 Å². The minimum atomic E-state index is -0.342. The van der Waals surface area contributed by atoms with Gasteiger partial charge in [-0.25, -0.2) is 4.39 Å². The Morgan fingerprint density at radius 2 is 1.68 bits per heavy atom. The van der Waals surface area contributed by atoms with Crippen molar-refractivity contribution in [1.82, 2.24) is 0 Å². The summed E-state index contributed by atoms with van der Waals surface area (Å²) in [4.78, 5) is 0. The van der Waals surface area contributed by atoms with Crippen LogP contribution >= 0.6 is 11.6 Å². The summed E-state index contributed by atoms with van der Waals surface area (Å²) in [6.07, 6.45) is 0. The Bertz CT molecular complexity index is 602. The molecule has 0 saturated heterocycles. The van der Waals surface area contributed by atoms with Crippen molar-refractivity contribution in [2.24, 2.45) is 5.73 Å². The quantitative estimate of drug-likeness (QED) is 0.862. The van der Waals surface area contributed by atoms with Gasteiger partial charge in [-0.2, -0.15) is 0 Å². The zero-order valence-corrected chi connectivity index (χ0v) is 12.1. The number of nitrogens with two attached hydrogens (primary N) is 1. The van der Waals surface area contributed by atoms with E-state index in [1.165, 1.54) is 12.1 Å². The molecule has 0 heterocycles. The highest BCUT2D eigenvalue weighted by Crippen LogP contribution is 2.28.